The van der Waals surface area contributed by atoms with Crippen molar-refractivity contribution in [3.63, 3.8) is 0 Å². The molecule has 1 rings (SSSR count). The average Bonchev–Trinajstić information content (AvgIpc) is 2.19. The fourth-order valence-electron chi connectivity index (χ4n) is 1.16. The minimum absolute atomic E-state index is 0.0117. The van der Waals surface area contributed by atoms with Crippen molar-refractivity contribution in [2.24, 2.45) is 5.73 Å². The fraction of sp³-hybridized carbons (Fsp3) is 0.455. The number of aliphatic hydroxyl groups excluding tert-OH is 1. The van der Waals surface area contributed by atoms with E-state index < -0.39 is 0 Å². The maximum Gasteiger partial charge on any atom is 0.0599 e. The topological polar surface area (TPSA) is 58.3 Å². The molecule has 3 heteroatoms. The van der Waals surface area contributed by atoms with E-state index in [0.29, 0.717) is 6.54 Å². The predicted molar refractivity (Wildman–Crippen MR) is 59.5 cm³/mol. The molecular weight excluding hydrogens is 176 g/mol. The summed E-state index contributed by atoms with van der Waals surface area (Å²) in [6.07, 6.45) is 0. The molecule has 1 atom stereocenters. The van der Waals surface area contributed by atoms with E-state index in [9.17, 15) is 0 Å². The van der Waals surface area contributed by atoms with Crippen molar-refractivity contribution in [3.8, 4) is 0 Å². The van der Waals surface area contributed by atoms with Crippen LogP contribution in [0.2, 0.25) is 0 Å². The maximum absolute atomic E-state index is 8.75. The average molecular weight is 194 g/mol. The minimum Gasteiger partial charge on any atom is -0.395 e. The van der Waals surface area contributed by atoms with E-state index in [1.165, 1.54) is 11.1 Å². The number of nitrogens with one attached hydrogen (secondary N) is 1. The molecule has 0 amide bonds. The number of rotatable bonds is 4. The molecule has 0 aliphatic heterocycles. The van der Waals surface area contributed by atoms with Gasteiger partial charge in [0.25, 0.3) is 0 Å². The first-order valence-electron chi connectivity index (χ1n) is 4.81. The number of aliphatic hydroxyl groups is 1. The number of hydrogen-bond acceptors (Lipinski definition) is 3. The van der Waals surface area contributed by atoms with Gasteiger partial charge in [-0.25, -0.2) is 0 Å². The first-order chi connectivity index (χ1) is 6.63. The summed E-state index contributed by atoms with van der Waals surface area (Å²) in [5, 5.41) is 11.9. The van der Waals surface area contributed by atoms with Crippen LogP contribution >= 0.6 is 0 Å². The van der Waals surface area contributed by atoms with Gasteiger partial charge in [-0.3, -0.25) is 0 Å². The summed E-state index contributed by atoms with van der Waals surface area (Å²) in [5.41, 5.74) is 9.17. The van der Waals surface area contributed by atoms with Crippen LogP contribution in [-0.4, -0.2) is 24.3 Å². The van der Waals surface area contributed by atoms with Gasteiger partial charge in [0.15, 0.2) is 0 Å². The minimum atomic E-state index is -0.198. The Morgan fingerprint density at radius 2 is 2.07 bits per heavy atom. The van der Waals surface area contributed by atoms with E-state index in [-0.39, 0.29) is 12.6 Å². The molecule has 0 bridgehead atoms. The molecule has 4 N–H and O–H groups in total. The van der Waals surface area contributed by atoms with Gasteiger partial charge in [-0.05, 0) is 37.1 Å². The summed E-state index contributed by atoms with van der Waals surface area (Å²) < 4.78 is 0. The monoisotopic (exact) mass is 194 g/mol. The number of benzene rings is 1. The van der Waals surface area contributed by atoms with Gasteiger partial charge < -0.3 is 16.2 Å². The van der Waals surface area contributed by atoms with E-state index in [2.05, 4.69) is 31.3 Å². The summed E-state index contributed by atoms with van der Waals surface area (Å²) >= 11 is 0. The number of aryl methyl sites for hydroxylation is 2. The SMILES string of the molecule is Cc1ccc(NCC(N)CO)cc1C. The fourth-order valence-corrected chi connectivity index (χ4v) is 1.16. The lowest BCUT2D eigenvalue weighted by atomic mass is 10.1. The summed E-state index contributed by atoms with van der Waals surface area (Å²) in [5.74, 6) is 0. The molecule has 1 unspecified atom stereocenters. The highest BCUT2D eigenvalue weighted by Crippen LogP contribution is 2.13. The Labute approximate surface area is 84.9 Å². The van der Waals surface area contributed by atoms with Crippen molar-refractivity contribution in [1.29, 1.82) is 0 Å². The van der Waals surface area contributed by atoms with Gasteiger partial charge >= 0.3 is 0 Å². The van der Waals surface area contributed by atoms with Gasteiger partial charge in [-0.1, -0.05) is 6.07 Å². The third-order valence-electron chi connectivity index (χ3n) is 2.31. The van der Waals surface area contributed by atoms with Crippen molar-refractivity contribution in [3.05, 3.63) is 29.3 Å². The van der Waals surface area contributed by atoms with Gasteiger partial charge in [0.2, 0.25) is 0 Å². The quantitative estimate of drug-likeness (QED) is 0.671. The lowest BCUT2D eigenvalue weighted by molar-refractivity contribution is 0.270. The molecule has 78 valence electrons. The maximum atomic E-state index is 8.75. The lowest BCUT2D eigenvalue weighted by Crippen LogP contribution is -2.32. The second-order valence-electron chi connectivity index (χ2n) is 3.62. The van der Waals surface area contributed by atoms with Crippen LogP contribution in [0.4, 0.5) is 5.69 Å². The number of anilines is 1. The molecule has 0 spiro atoms. The Balaban J connectivity index is 2.55. The Morgan fingerprint density at radius 3 is 2.64 bits per heavy atom. The van der Waals surface area contributed by atoms with E-state index >= 15 is 0 Å². The molecule has 3 nitrogen and oxygen atoms in total. The van der Waals surface area contributed by atoms with Crippen LogP contribution in [0.25, 0.3) is 0 Å². The van der Waals surface area contributed by atoms with Gasteiger partial charge in [-0.15, -0.1) is 0 Å². The molecule has 0 aromatic heterocycles. The lowest BCUT2D eigenvalue weighted by Gasteiger charge is -2.12. The van der Waals surface area contributed by atoms with E-state index in [4.69, 9.17) is 10.8 Å². The zero-order valence-electron chi connectivity index (χ0n) is 8.75. The molecule has 0 radical (unpaired) electrons. The van der Waals surface area contributed by atoms with Crippen molar-refractivity contribution in [2.45, 2.75) is 19.9 Å². The van der Waals surface area contributed by atoms with E-state index in [0.717, 1.165) is 5.69 Å². The summed E-state index contributed by atoms with van der Waals surface area (Å²) in [6.45, 7) is 4.77. The van der Waals surface area contributed by atoms with Crippen molar-refractivity contribution in [2.75, 3.05) is 18.5 Å². The van der Waals surface area contributed by atoms with Crippen molar-refractivity contribution < 1.29 is 5.11 Å². The highest BCUT2D eigenvalue weighted by atomic mass is 16.3. The molecule has 0 heterocycles. The Hall–Kier alpha value is -1.06. The Kier molecular flexibility index (Phi) is 3.92. The smallest absolute Gasteiger partial charge is 0.0599 e. The Morgan fingerprint density at radius 1 is 1.36 bits per heavy atom. The normalized spacial score (nSPS) is 12.6. The standard InChI is InChI=1S/C11H18N2O/c1-8-3-4-11(5-9(8)2)13-6-10(12)7-14/h3-5,10,13-14H,6-7,12H2,1-2H3. The zero-order chi connectivity index (χ0) is 10.6. The first kappa shape index (κ1) is 11.0. The van der Waals surface area contributed by atoms with Gasteiger partial charge in [0.1, 0.15) is 0 Å². The number of hydrogen-bond donors (Lipinski definition) is 3. The van der Waals surface area contributed by atoms with Gasteiger partial charge in [0.05, 0.1) is 6.61 Å². The second kappa shape index (κ2) is 4.98. The van der Waals surface area contributed by atoms with Gasteiger partial charge in [0, 0.05) is 18.3 Å². The third kappa shape index (κ3) is 3.01. The van der Waals surface area contributed by atoms with E-state index in [1.54, 1.807) is 0 Å². The van der Waals surface area contributed by atoms with Crippen LogP contribution in [0.5, 0.6) is 0 Å². The van der Waals surface area contributed by atoms with Gasteiger partial charge in [-0.2, -0.15) is 0 Å². The van der Waals surface area contributed by atoms with Crippen LogP contribution in [0.1, 0.15) is 11.1 Å². The molecule has 1 aromatic carbocycles. The van der Waals surface area contributed by atoms with Crippen LogP contribution < -0.4 is 11.1 Å². The molecule has 0 aliphatic carbocycles. The van der Waals surface area contributed by atoms with Crippen LogP contribution in [0.15, 0.2) is 18.2 Å². The molecular formula is C11H18N2O. The molecule has 0 saturated heterocycles. The van der Waals surface area contributed by atoms with E-state index in [1.807, 2.05) is 6.07 Å². The highest BCUT2D eigenvalue weighted by Gasteiger charge is 2.00. The van der Waals surface area contributed by atoms with Crippen LogP contribution in [0.3, 0.4) is 0 Å². The zero-order valence-corrected chi connectivity index (χ0v) is 8.75. The van der Waals surface area contributed by atoms with Crippen molar-refractivity contribution in [1.82, 2.24) is 0 Å². The molecule has 0 saturated carbocycles. The second-order valence-corrected chi connectivity index (χ2v) is 3.62. The third-order valence-corrected chi connectivity index (χ3v) is 2.31. The summed E-state index contributed by atoms with van der Waals surface area (Å²) in [4.78, 5) is 0. The molecule has 1 aromatic rings. The Bertz CT molecular complexity index is 299. The first-order valence-corrected chi connectivity index (χ1v) is 4.81. The molecule has 0 aliphatic rings. The molecule has 14 heavy (non-hydrogen) atoms. The van der Waals surface area contributed by atoms with Crippen molar-refractivity contribution >= 4 is 5.69 Å². The predicted octanol–water partition coefficient (Wildman–Crippen LogP) is 1.03. The number of nitrogens with two attached hydrogens (primary N) is 1. The molecule has 0 fully saturated rings. The summed E-state index contributed by atoms with van der Waals surface area (Å²) in [7, 11) is 0. The summed E-state index contributed by atoms with van der Waals surface area (Å²) in [6, 6.07) is 5.98. The van der Waals surface area contributed by atoms with Crippen LogP contribution in [0, 0.1) is 13.8 Å². The van der Waals surface area contributed by atoms with Crippen LogP contribution in [-0.2, 0) is 0 Å². The largest absolute Gasteiger partial charge is 0.395 e. The highest BCUT2D eigenvalue weighted by molar-refractivity contribution is 5.48.